The number of hydrogen-bond acceptors (Lipinski definition) is 1. The fourth-order valence-electron chi connectivity index (χ4n) is 2.49. The first kappa shape index (κ1) is 17.3. The van der Waals surface area contributed by atoms with Gasteiger partial charge in [0.1, 0.15) is 0 Å². The number of guanidine groups is 1. The van der Waals surface area contributed by atoms with Crippen LogP contribution < -0.4 is 10.6 Å². The Bertz CT molecular complexity index is 419. The SMILES string of the molecule is CCCC1CC1NC(=NC)NC(C)c1ccccc1.I. The van der Waals surface area contributed by atoms with Crippen LogP contribution in [0.1, 0.15) is 44.7 Å². The van der Waals surface area contributed by atoms with Crippen molar-refractivity contribution >= 4 is 29.9 Å². The second-order valence-electron chi connectivity index (χ2n) is 5.38. The van der Waals surface area contributed by atoms with Crippen LogP contribution in [0.25, 0.3) is 0 Å². The largest absolute Gasteiger partial charge is 0.353 e. The molecule has 1 saturated carbocycles. The van der Waals surface area contributed by atoms with E-state index >= 15 is 0 Å². The van der Waals surface area contributed by atoms with Gasteiger partial charge in [-0.25, -0.2) is 0 Å². The van der Waals surface area contributed by atoms with Crippen LogP contribution in [0, 0.1) is 5.92 Å². The maximum absolute atomic E-state index is 4.32. The third-order valence-electron chi connectivity index (χ3n) is 3.78. The van der Waals surface area contributed by atoms with Gasteiger partial charge in [0.15, 0.2) is 5.96 Å². The van der Waals surface area contributed by atoms with E-state index in [-0.39, 0.29) is 30.0 Å². The number of benzene rings is 1. The molecular formula is C16H26IN3. The van der Waals surface area contributed by atoms with E-state index < -0.39 is 0 Å². The number of aliphatic imine (C=N–C) groups is 1. The first-order valence-corrected chi connectivity index (χ1v) is 7.29. The van der Waals surface area contributed by atoms with Crippen LogP contribution in [-0.2, 0) is 0 Å². The third-order valence-corrected chi connectivity index (χ3v) is 3.78. The Morgan fingerprint density at radius 3 is 2.65 bits per heavy atom. The number of halogens is 1. The van der Waals surface area contributed by atoms with Crippen molar-refractivity contribution in [3.63, 3.8) is 0 Å². The molecule has 0 heterocycles. The minimum atomic E-state index is 0. The van der Waals surface area contributed by atoms with Gasteiger partial charge in [0, 0.05) is 13.1 Å². The van der Waals surface area contributed by atoms with E-state index in [1.165, 1.54) is 24.8 Å². The molecular weight excluding hydrogens is 361 g/mol. The summed E-state index contributed by atoms with van der Waals surface area (Å²) in [6, 6.07) is 11.4. The lowest BCUT2D eigenvalue weighted by molar-refractivity contribution is 0.639. The van der Waals surface area contributed by atoms with Crippen LogP contribution in [0.5, 0.6) is 0 Å². The van der Waals surface area contributed by atoms with Gasteiger partial charge in [-0.15, -0.1) is 24.0 Å². The van der Waals surface area contributed by atoms with Crippen molar-refractivity contribution in [2.24, 2.45) is 10.9 Å². The van der Waals surface area contributed by atoms with Crippen molar-refractivity contribution < 1.29 is 0 Å². The normalized spacial score (nSPS) is 22.6. The molecule has 1 aliphatic rings. The average Bonchev–Trinajstić information content (AvgIpc) is 3.17. The molecule has 0 aliphatic heterocycles. The first-order valence-electron chi connectivity index (χ1n) is 7.29. The summed E-state index contributed by atoms with van der Waals surface area (Å²) in [6.07, 6.45) is 3.88. The van der Waals surface area contributed by atoms with Crippen molar-refractivity contribution in [3.05, 3.63) is 35.9 Å². The predicted molar refractivity (Wildman–Crippen MR) is 96.7 cm³/mol. The summed E-state index contributed by atoms with van der Waals surface area (Å²) in [5, 5.41) is 6.97. The molecule has 112 valence electrons. The Balaban J connectivity index is 0.00000200. The van der Waals surface area contributed by atoms with Gasteiger partial charge in [-0.05, 0) is 31.2 Å². The topological polar surface area (TPSA) is 36.4 Å². The lowest BCUT2D eigenvalue weighted by Gasteiger charge is -2.18. The zero-order chi connectivity index (χ0) is 13.7. The van der Waals surface area contributed by atoms with Crippen LogP contribution in [0.4, 0.5) is 0 Å². The fraction of sp³-hybridized carbons (Fsp3) is 0.562. The molecule has 1 aliphatic carbocycles. The van der Waals surface area contributed by atoms with Gasteiger partial charge in [-0.3, -0.25) is 4.99 Å². The van der Waals surface area contributed by atoms with E-state index in [4.69, 9.17) is 0 Å². The minimum absolute atomic E-state index is 0. The van der Waals surface area contributed by atoms with E-state index in [2.05, 4.69) is 53.7 Å². The molecule has 3 unspecified atom stereocenters. The summed E-state index contributed by atoms with van der Waals surface area (Å²) in [7, 11) is 1.84. The van der Waals surface area contributed by atoms with Gasteiger partial charge < -0.3 is 10.6 Å². The molecule has 0 bridgehead atoms. The maximum atomic E-state index is 4.32. The van der Waals surface area contributed by atoms with Gasteiger partial charge in [0.05, 0.1) is 6.04 Å². The Morgan fingerprint density at radius 1 is 1.35 bits per heavy atom. The fourth-order valence-corrected chi connectivity index (χ4v) is 2.49. The zero-order valence-electron chi connectivity index (χ0n) is 12.6. The smallest absolute Gasteiger partial charge is 0.191 e. The number of rotatable bonds is 5. The van der Waals surface area contributed by atoms with E-state index in [0.717, 1.165) is 11.9 Å². The van der Waals surface area contributed by atoms with E-state index in [1.54, 1.807) is 0 Å². The highest BCUT2D eigenvalue weighted by atomic mass is 127. The van der Waals surface area contributed by atoms with Crippen molar-refractivity contribution in [1.82, 2.24) is 10.6 Å². The number of nitrogens with zero attached hydrogens (tertiary/aromatic N) is 1. The maximum Gasteiger partial charge on any atom is 0.191 e. The average molecular weight is 387 g/mol. The lowest BCUT2D eigenvalue weighted by atomic mass is 10.1. The van der Waals surface area contributed by atoms with Gasteiger partial charge in [-0.2, -0.15) is 0 Å². The summed E-state index contributed by atoms with van der Waals surface area (Å²) in [5.74, 6) is 1.76. The van der Waals surface area contributed by atoms with E-state index in [9.17, 15) is 0 Å². The molecule has 3 atom stereocenters. The molecule has 3 nitrogen and oxygen atoms in total. The van der Waals surface area contributed by atoms with Crippen molar-refractivity contribution in [1.29, 1.82) is 0 Å². The molecule has 0 aromatic heterocycles. The number of nitrogens with one attached hydrogen (secondary N) is 2. The summed E-state index contributed by atoms with van der Waals surface area (Å²) in [5.41, 5.74) is 1.28. The molecule has 0 saturated heterocycles. The first-order chi connectivity index (χ1) is 9.24. The van der Waals surface area contributed by atoms with Crippen LogP contribution in [0.3, 0.4) is 0 Å². The van der Waals surface area contributed by atoms with Gasteiger partial charge in [0.2, 0.25) is 0 Å². The monoisotopic (exact) mass is 387 g/mol. The highest BCUT2D eigenvalue weighted by Crippen LogP contribution is 2.34. The van der Waals surface area contributed by atoms with Crippen molar-refractivity contribution in [2.75, 3.05) is 7.05 Å². The minimum Gasteiger partial charge on any atom is -0.353 e. The third kappa shape index (κ3) is 4.96. The molecule has 1 fully saturated rings. The predicted octanol–water partition coefficient (Wildman–Crippen LogP) is 3.72. The number of hydrogen-bond donors (Lipinski definition) is 2. The molecule has 1 aromatic rings. The molecule has 0 spiro atoms. The van der Waals surface area contributed by atoms with Crippen LogP contribution in [0.15, 0.2) is 35.3 Å². The Morgan fingerprint density at radius 2 is 2.05 bits per heavy atom. The zero-order valence-corrected chi connectivity index (χ0v) is 14.9. The standard InChI is InChI=1S/C16H25N3.HI/c1-4-8-14-11-15(14)19-16(17-3)18-12(2)13-9-6-5-7-10-13;/h5-7,9-10,12,14-15H,4,8,11H2,1-3H3,(H2,17,18,19);1H. The Kier molecular flexibility index (Phi) is 7.34. The van der Waals surface area contributed by atoms with Crippen LogP contribution in [0.2, 0.25) is 0 Å². The van der Waals surface area contributed by atoms with Crippen molar-refractivity contribution in [3.8, 4) is 0 Å². The molecule has 1 aromatic carbocycles. The highest BCUT2D eigenvalue weighted by molar-refractivity contribution is 14.0. The molecule has 2 N–H and O–H groups in total. The molecule has 20 heavy (non-hydrogen) atoms. The molecule has 2 rings (SSSR count). The molecule has 0 amide bonds. The molecule has 4 heteroatoms. The summed E-state index contributed by atoms with van der Waals surface area (Å²) in [6.45, 7) is 4.42. The second kappa shape index (κ2) is 8.49. The van der Waals surface area contributed by atoms with E-state index in [1.807, 2.05) is 13.1 Å². The van der Waals surface area contributed by atoms with E-state index in [0.29, 0.717) is 6.04 Å². The highest BCUT2D eigenvalue weighted by Gasteiger charge is 2.36. The molecule has 0 radical (unpaired) electrons. The van der Waals surface area contributed by atoms with Crippen LogP contribution >= 0.6 is 24.0 Å². The Hall–Kier alpha value is -0.780. The van der Waals surface area contributed by atoms with Gasteiger partial charge >= 0.3 is 0 Å². The quantitative estimate of drug-likeness (QED) is 0.459. The Labute approximate surface area is 139 Å². The second-order valence-corrected chi connectivity index (χ2v) is 5.38. The van der Waals surface area contributed by atoms with Crippen LogP contribution in [-0.4, -0.2) is 19.0 Å². The lowest BCUT2D eigenvalue weighted by Crippen LogP contribution is -2.40. The summed E-state index contributed by atoms with van der Waals surface area (Å²) < 4.78 is 0. The van der Waals surface area contributed by atoms with Gasteiger partial charge in [-0.1, -0.05) is 43.7 Å². The van der Waals surface area contributed by atoms with Crippen molar-refractivity contribution in [2.45, 2.75) is 45.2 Å². The van der Waals surface area contributed by atoms with Gasteiger partial charge in [0.25, 0.3) is 0 Å². The summed E-state index contributed by atoms with van der Waals surface area (Å²) in [4.78, 5) is 4.32. The summed E-state index contributed by atoms with van der Waals surface area (Å²) >= 11 is 0.